The minimum Gasteiger partial charge on any atom is -0.497 e. The fourth-order valence-electron chi connectivity index (χ4n) is 3.68. The van der Waals surface area contributed by atoms with E-state index in [1.165, 1.54) is 23.0 Å². The minimum absolute atomic E-state index is 0.0981. The SMILES string of the molecule is COc1ccc(CNC(=O)c2c(N)n(/N=C\c3ccc(F)cc3)c3nc4ccccc4nc23)cc1. The molecule has 2 aromatic heterocycles. The number of halogens is 1. The zero-order chi connectivity index (χ0) is 24.4. The van der Waals surface area contributed by atoms with Crippen molar-refractivity contribution in [3.05, 3.63) is 95.3 Å². The van der Waals surface area contributed by atoms with Gasteiger partial charge < -0.3 is 15.8 Å². The molecule has 1 amide bonds. The van der Waals surface area contributed by atoms with Gasteiger partial charge in [-0.25, -0.2) is 14.4 Å². The molecule has 0 fully saturated rings. The number of para-hydroxylation sites is 2. The number of methoxy groups -OCH3 is 1. The lowest BCUT2D eigenvalue weighted by Gasteiger charge is -2.06. The standard InChI is InChI=1S/C26H21FN6O2/c1-35-19-12-8-16(9-13-19)14-29-26(34)22-23-25(32-21-5-3-2-4-20(21)31-23)33(24(22)28)30-15-17-6-10-18(27)11-7-17/h2-13,15H,14,28H2,1H3,(H,29,34)/b30-15-. The first-order valence-corrected chi connectivity index (χ1v) is 10.8. The Kier molecular flexibility index (Phi) is 5.80. The van der Waals surface area contributed by atoms with E-state index in [9.17, 15) is 9.18 Å². The number of carbonyl (C=O) groups is 1. The van der Waals surface area contributed by atoms with Crippen LogP contribution in [0.15, 0.2) is 77.9 Å². The van der Waals surface area contributed by atoms with Crippen molar-refractivity contribution in [1.82, 2.24) is 20.0 Å². The van der Waals surface area contributed by atoms with Crippen LogP contribution in [-0.2, 0) is 6.54 Å². The van der Waals surface area contributed by atoms with Crippen molar-refractivity contribution in [2.24, 2.45) is 5.10 Å². The second-order valence-electron chi connectivity index (χ2n) is 7.78. The van der Waals surface area contributed by atoms with Crippen molar-refractivity contribution >= 4 is 40.1 Å². The first kappa shape index (κ1) is 22.0. The summed E-state index contributed by atoms with van der Waals surface area (Å²) in [4.78, 5) is 22.6. The predicted molar refractivity (Wildman–Crippen MR) is 133 cm³/mol. The fraction of sp³-hybridized carbons (Fsp3) is 0.0769. The number of fused-ring (bicyclic) bond motifs is 2. The molecule has 174 valence electrons. The summed E-state index contributed by atoms with van der Waals surface area (Å²) in [5.41, 5.74) is 10.1. The molecule has 3 aromatic carbocycles. The van der Waals surface area contributed by atoms with E-state index < -0.39 is 5.91 Å². The van der Waals surface area contributed by atoms with Crippen LogP contribution in [0.25, 0.3) is 22.2 Å². The summed E-state index contributed by atoms with van der Waals surface area (Å²) in [5, 5.41) is 7.32. The Hall–Kier alpha value is -4.79. The van der Waals surface area contributed by atoms with Crippen LogP contribution in [0.4, 0.5) is 10.2 Å². The molecule has 0 unspecified atom stereocenters. The lowest BCUT2D eigenvalue weighted by molar-refractivity contribution is 0.0953. The van der Waals surface area contributed by atoms with Gasteiger partial charge in [0, 0.05) is 6.54 Å². The Morgan fingerprint density at radius 1 is 1.06 bits per heavy atom. The van der Waals surface area contributed by atoms with E-state index in [1.807, 2.05) is 48.5 Å². The average Bonchev–Trinajstić information content (AvgIpc) is 3.15. The molecule has 8 nitrogen and oxygen atoms in total. The number of hydrogen-bond donors (Lipinski definition) is 2. The third-order valence-electron chi connectivity index (χ3n) is 5.51. The van der Waals surface area contributed by atoms with Crippen LogP contribution in [0.5, 0.6) is 5.75 Å². The number of hydrogen-bond acceptors (Lipinski definition) is 6. The smallest absolute Gasteiger partial charge is 0.257 e. The molecule has 0 atom stereocenters. The molecule has 0 radical (unpaired) electrons. The van der Waals surface area contributed by atoms with Gasteiger partial charge >= 0.3 is 0 Å². The third kappa shape index (κ3) is 4.39. The quantitative estimate of drug-likeness (QED) is 0.365. The highest BCUT2D eigenvalue weighted by atomic mass is 19.1. The van der Waals surface area contributed by atoms with Crippen LogP contribution in [0, 0.1) is 5.82 Å². The van der Waals surface area contributed by atoms with Crippen LogP contribution in [0.2, 0.25) is 0 Å². The normalized spacial score (nSPS) is 11.4. The van der Waals surface area contributed by atoms with E-state index in [2.05, 4.69) is 20.4 Å². The van der Waals surface area contributed by atoms with Crippen LogP contribution < -0.4 is 15.8 Å². The largest absolute Gasteiger partial charge is 0.497 e. The van der Waals surface area contributed by atoms with Crippen molar-refractivity contribution < 1.29 is 13.9 Å². The Labute approximate surface area is 199 Å². The Morgan fingerprint density at radius 3 is 2.43 bits per heavy atom. The lowest BCUT2D eigenvalue weighted by atomic mass is 10.2. The maximum atomic E-state index is 13.3. The molecule has 5 rings (SSSR count). The van der Waals surface area contributed by atoms with E-state index in [1.54, 1.807) is 19.2 Å². The maximum absolute atomic E-state index is 13.3. The molecule has 0 saturated heterocycles. The van der Waals surface area contributed by atoms with E-state index in [0.717, 1.165) is 11.3 Å². The fourth-order valence-corrected chi connectivity index (χ4v) is 3.68. The van der Waals surface area contributed by atoms with Gasteiger partial charge in [0.2, 0.25) is 0 Å². The number of ether oxygens (including phenoxy) is 1. The number of benzene rings is 3. The van der Waals surface area contributed by atoms with E-state index in [4.69, 9.17) is 10.5 Å². The number of aromatic nitrogens is 3. The predicted octanol–water partition coefficient (Wildman–Crippen LogP) is 4.13. The van der Waals surface area contributed by atoms with Crippen molar-refractivity contribution in [3.8, 4) is 5.75 Å². The molecule has 0 aliphatic carbocycles. The van der Waals surface area contributed by atoms with Gasteiger partial charge in [-0.15, -0.1) is 0 Å². The van der Waals surface area contributed by atoms with Crippen LogP contribution in [-0.4, -0.2) is 33.9 Å². The molecule has 3 N–H and O–H groups in total. The first-order chi connectivity index (χ1) is 17.0. The summed E-state index contributed by atoms with van der Waals surface area (Å²) >= 11 is 0. The number of anilines is 1. The zero-order valence-electron chi connectivity index (χ0n) is 18.8. The Morgan fingerprint density at radius 2 is 1.74 bits per heavy atom. The van der Waals surface area contributed by atoms with E-state index in [0.29, 0.717) is 27.8 Å². The molecule has 5 aromatic rings. The van der Waals surface area contributed by atoms with Crippen LogP contribution in [0.3, 0.4) is 0 Å². The second-order valence-corrected chi connectivity index (χ2v) is 7.78. The first-order valence-electron chi connectivity index (χ1n) is 10.8. The summed E-state index contributed by atoms with van der Waals surface area (Å²) in [7, 11) is 1.60. The topological polar surface area (TPSA) is 107 Å². The summed E-state index contributed by atoms with van der Waals surface area (Å²) in [5.74, 6) is 0.0827. The number of amides is 1. The Balaban J connectivity index is 1.55. The van der Waals surface area contributed by atoms with Gasteiger partial charge in [-0.2, -0.15) is 9.78 Å². The molecule has 0 saturated carbocycles. The zero-order valence-corrected chi connectivity index (χ0v) is 18.8. The van der Waals surface area contributed by atoms with Crippen LogP contribution >= 0.6 is 0 Å². The third-order valence-corrected chi connectivity index (χ3v) is 5.51. The summed E-state index contributed by atoms with van der Waals surface area (Å²) in [6.07, 6.45) is 1.52. The number of carbonyl (C=O) groups excluding carboxylic acids is 1. The second kappa shape index (κ2) is 9.22. The van der Waals surface area contributed by atoms with Gasteiger partial charge in [0.1, 0.15) is 28.5 Å². The molecule has 0 aliphatic heterocycles. The maximum Gasteiger partial charge on any atom is 0.257 e. The van der Waals surface area contributed by atoms with Crippen molar-refractivity contribution in [2.75, 3.05) is 12.8 Å². The number of nitrogen functional groups attached to an aromatic ring is 1. The molecule has 0 bridgehead atoms. The number of nitrogens with zero attached hydrogens (tertiary/aromatic N) is 4. The lowest BCUT2D eigenvalue weighted by Crippen LogP contribution is -2.23. The van der Waals surface area contributed by atoms with Crippen molar-refractivity contribution in [1.29, 1.82) is 0 Å². The van der Waals surface area contributed by atoms with Gasteiger partial charge in [-0.3, -0.25) is 4.79 Å². The van der Waals surface area contributed by atoms with Gasteiger partial charge in [-0.1, -0.05) is 36.4 Å². The molecule has 35 heavy (non-hydrogen) atoms. The Bertz CT molecular complexity index is 1560. The van der Waals surface area contributed by atoms with E-state index >= 15 is 0 Å². The van der Waals surface area contributed by atoms with Gasteiger partial charge in [0.15, 0.2) is 5.65 Å². The number of rotatable bonds is 6. The average molecular weight is 468 g/mol. The number of nitrogens with one attached hydrogen (secondary N) is 1. The molecular weight excluding hydrogens is 447 g/mol. The highest BCUT2D eigenvalue weighted by Crippen LogP contribution is 2.28. The van der Waals surface area contributed by atoms with E-state index in [-0.39, 0.29) is 23.7 Å². The molecule has 9 heteroatoms. The summed E-state index contributed by atoms with van der Waals surface area (Å²) in [6, 6.07) is 20.6. The van der Waals surface area contributed by atoms with Crippen molar-refractivity contribution in [3.63, 3.8) is 0 Å². The summed E-state index contributed by atoms with van der Waals surface area (Å²) in [6.45, 7) is 0.287. The molecule has 2 heterocycles. The van der Waals surface area contributed by atoms with Crippen LogP contribution in [0.1, 0.15) is 21.5 Å². The van der Waals surface area contributed by atoms with Gasteiger partial charge in [0.05, 0.1) is 24.4 Å². The monoisotopic (exact) mass is 468 g/mol. The van der Waals surface area contributed by atoms with Gasteiger partial charge in [-0.05, 0) is 47.5 Å². The molecular formula is C26H21FN6O2. The van der Waals surface area contributed by atoms with Crippen molar-refractivity contribution in [2.45, 2.75) is 6.54 Å². The highest BCUT2D eigenvalue weighted by molar-refractivity contribution is 6.10. The molecule has 0 aliphatic rings. The number of nitrogens with two attached hydrogens (primary N) is 1. The minimum atomic E-state index is -0.399. The highest BCUT2D eigenvalue weighted by Gasteiger charge is 2.24. The van der Waals surface area contributed by atoms with Gasteiger partial charge in [0.25, 0.3) is 5.91 Å². The molecule has 0 spiro atoms. The summed E-state index contributed by atoms with van der Waals surface area (Å²) < 4.78 is 19.8.